The lowest BCUT2D eigenvalue weighted by Gasteiger charge is -2.42. The summed E-state index contributed by atoms with van der Waals surface area (Å²) in [6.07, 6.45) is 3.80. The van der Waals surface area contributed by atoms with Crippen LogP contribution in [0.4, 0.5) is 4.79 Å². The van der Waals surface area contributed by atoms with Gasteiger partial charge in [0, 0.05) is 39.3 Å². The molecule has 5 heteroatoms. The average molecular weight is 284 g/mol. The predicted molar refractivity (Wildman–Crippen MR) is 84.1 cm³/mol. The SMILES string of the molecule is CCC.CNC(=O)N1CCN(C2CCN(C)CC2)CC1. The van der Waals surface area contributed by atoms with Gasteiger partial charge in [-0.05, 0) is 33.0 Å². The minimum absolute atomic E-state index is 0.0630. The molecule has 2 fully saturated rings. The van der Waals surface area contributed by atoms with E-state index in [-0.39, 0.29) is 6.03 Å². The summed E-state index contributed by atoms with van der Waals surface area (Å²) in [5, 5.41) is 2.70. The first-order valence-electron chi connectivity index (χ1n) is 8.01. The van der Waals surface area contributed by atoms with E-state index in [4.69, 9.17) is 0 Å². The maximum Gasteiger partial charge on any atom is 0.317 e. The highest BCUT2D eigenvalue weighted by atomic mass is 16.2. The van der Waals surface area contributed by atoms with Crippen LogP contribution in [-0.2, 0) is 0 Å². The fourth-order valence-electron chi connectivity index (χ4n) is 2.81. The number of likely N-dealkylation sites (tertiary alicyclic amines) is 1. The number of rotatable bonds is 1. The predicted octanol–water partition coefficient (Wildman–Crippen LogP) is 1.45. The molecule has 0 aromatic carbocycles. The van der Waals surface area contributed by atoms with Gasteiger partial charge in [-0.1, -0.05) is 20.3 Å². The Morgan fingerprint density at radius 2 is 1.55 bits per heavy atom. The molecule has 20 heavy (non-hydrogen) atoms. The summed E-state index contributed by atoms with van der Waals surface area (Å²) < 4.78 is 0. The summed E-state index contributed by atoms with van der Waals surface area (Å²) in [5.41, 5.74) is 0. The molecular formula is C15H32N4O. The Balaban J connectivity index is 0.000000612. The molecule has 2 rings (SSSR count). The van der Waals surface area contributed by atoms with Crippen LogP contribution < -0.4 is 5.32 Å². The van der Waals surface area contributed by atoms with Crippen molar-refractivity contribution in [3.8, 4) is 0 Å². The molecule has 2 aliphatic heterocycles. The van der Waals surface area contributed by atoms with Gasteiger partial charge in [-0.15, -0.1) is 0 Å². The second-order valence-corrected chi connectivity index (χ2v) is 5.82. The third kappa shape index (κ3) is 5.29. The molecule has 0 bridgehead atoms. The van der Waals surface area contributed by atoms with E-state index in [1.54, 1.807) is 7.05 Å². The fraction of sp³-hybridized carbons (Fsp3) is 0.933. The summed E-state index contributed by atoms with van der Waals surface area (Å²) in [6, 6.07) is 0.797. The number of piperazine rings is 1. The largest absolute Gasteiger partial charge is 0.341 e. The van der Waals surface area contributed by atoms with Crippen molar-refractivity contribution in [3.63, 3.8) is 0 Å². The average Bonchev–Trinajstić information content (AvgIpc) is 2.48. The van der Waals surface area contributed by atoms with Crippen molar-refractivity contribution in [1.82, 2.24) is 20.0 Å². The maximum atomic E-state index is 11.5. The lowest BCUT2D eigenvalue weighted by Crippen LogP contribution is -2.55. The number of carbonyl (C=O) groups excluding carboxylic acids is 1. The first-order chi connectivity index (χ1) is 9.62. The Labute approximate surface area is 124 Å². The standard InChI is InChI=1S/C12H24N4O.C3H8/c1-13-12(17)16-9-7-15(8-10-16)11-3-5-14(2)6-4-11;1-3-2/h11H,3-10H2,1-2H3,(H,13,17);3H2,1-2H3. The first kappa shape index (κ1) is 17.2. The third-order valence-electron chi connectivity index (χ3n) is 4.02. The minimum atomic E-state index is 0.0630. The highest BCUT2D eigenvalue weighted by Crippen LogP contribution is 2.17. The van der Waals surface area contributed by atoms with Crippen molar-refractivity contribution in [2.75, 3.05) is 53.4 Å². The second kappa shape index (κ2) is 9.19. The number of nitrogens with one attached hydrogen (secondary N) is 1. The lowest BCUT2D eigenvalue weighted by atomic mass is 10.0. The van der Waals surface area contributed by atoms with Crippen molar-refractivity contribution < 1.29 is 4.79 Å². The maximum absolute atomic E-state index is 11.5. The number of piperidine rings is 1. The van der Waals surface area contributed by atoms with Gasteiger partial charge in [-0.3, -0.25) is 4.90 Å². The third-order valence-corrected chi connectivity index (χ3v) is 4.02. The second-order valence-electron chi connectivity index (χ2n) is 5.82. The molecular weight excluding hydrogens is 252 g/mol. The Morgan fingerprint density at radius 1 is 1.05 bits per heavy atom. The fourth-order valence-corrected chi connectivity index (χ4v) is 2.81. The number of nitrogens with zero attached hydrogens (tertiary/aromatic N) is 3. The molecule has 5 nitrogen and oxygen atoms in total. The van der Waals surface area contributed by atoms with Crippen molar-refractivity contribution in [1.29, 1.82) is 0 Å². The number of hydrogen-bond donors (Lipinski definition) is 1. The molecule has 2 aliphatic rings. The van der Waals surface area contributed by atoms with Crippen molar-refractivity contribution in [2.24, 2.45) is 0 Å². The van der Waals surface area contributed by atoms with Gasteiger partial charge < -0.3 is 15.1 Å². The van der Waals surface area contributed by atoms with E-state index in [2.05, 4.69) is 36.0 Å². The van der Waals surface area contributed by atoms with Crippen LogP contribution in [0, 0.1) is 0 Å². The van der Waals surface area contributed by atoms with Crippen molar-refractivity contribution >= 4 is 6.03 Å². The zero-order valence-corrected chi connectivity index (χ0v) is 13.7. The molecule has 0 aromatic rings. The van der Waals surface area contributed by atoms with Gasteiger partial charge in [0.1, 0.15) is 0 Å². The van der Waals surface area contributed by atoms with Crippen LogP contribution >= 0.6 is 0 Å². The van der Waals surface area contributed by atoms with Gasteiger partial charge in [0.25, 0.3) is 0 Å². The number of amides is 2. The van der Waals surface area contributed by atoms with E-state index in [0.717, 1.165) is 32.2 Å². The molecule has 0 radical (unpaired) electrons. The van der Waals surface area contributed by atoms with Gasteiger partial charge >= 0.3 is 6.03 Å². The van der Waals surface area contributed by atoms with Gasteiger partial charge in [0.2, 0.25) is 0 Å². The Hall–Kier alpha value is -0.810. The molecule has 0 saturated carbocycles. The van der Waals surface area contributed by atoms with Crippen molar-refractivity contribution in [3.05, 3.63) is 0 Å². The molecule has 0 unspecified atom stereocenters. The van der Waals surface area contributed by atoms with Crippen LogP contribution in [-0.4, -0.2) is 80.1 Å². The van der Waals surface area contributed by atoms with E-state index >= 15 is 0 Å². The molecule has 0 aromatic heterocycles. The van der Waals surface area contributed by atoms with Crippen LogP contribution in [0.2, 0.25) is 0 Å². The van der Waals surface area contributed by atoms with E-state index in [1.165, 1.54) is 32.4 Å². The topological polar surface area (TPSA) is 38.8 Å². The lowest BCUT2D eigenvalue weighted by molar-refractivity contribution is 0.0753. The van der Waals surface area contributed by atoms with Crippen LogP contribution in [0.15, 0.2) is 0 Å². The molecule has 2 saturated heterocycles. The Bertz CT molecular complexity index is 269. The van der Waals surface area contributed by atoms with Gasteiger partial charge in [0.15, 0.2) is 0 Å². The van der Waals surface area contributed by atoms with E-state index in [1.807, 2.05) is 4.90 Å². The van der Waals surface area contributed by atoms with Crippen LogP contribution in [0.1, 0.15) is 33.1 Å². The normalized spacial score (nSPS) is 22.1. The summed E-state index contributed by atoms with van der Waals surface area (Å²) >= 11 is 0. The zero-order valence-electron chi connectivity index (χ0n) is 13.7. The van der Waals surface area contributed by atoms with Gasteiger partial charge in [-0.2, -0.15) is 0 Å². The molecule has 0 atom stereocenters. The van der Waals surface area contributed by atoms with Crippen LogP contribution in [0.25, 0.3) is 0 Å². The highest BCUT2D eigenvalue weighted by molar-refractivity contribution is 5.73. The Morgan fingerprint density at radius 3 is 2.00 bits per heavy atom. The highest BCUT2D eigenvalue weighted by Gasteiger charge is 2.27. The number of carbonyl (C=O) groups is 1. The summed E-state index contributed by atoms with van der Waals surface area (Å²) in [6.45, 7) is 10.5. The molecule has 118 valence electrons. The number of urea groups is 1. The quantitative estimate of drug-likeness (QED) is 0.792. The zero-order chi connectivity index (χ0) is 15.0. The van der Waals surface area contributed by atoms with Crippen LogP contribution in [0.5, 0.6) is 0 Å². The van der Waals surface area contributed by atoms with Gasteiger partial charge in [-0.25, -0.2) is 4.79 Å². The van der Waals surface area contributed by atoms with Crippen LogP contribution in [0.3, 0.4) is 0 Å². The molecule has 0 spiro atoms. The molecule has 0 aliphatic carbocycles. The first-order valence-corrected chi connectivity index (χ1v) is 8.01. The number of hydrogen-bond acceptors (Lipinski definition) is 3. The van der Waals surface area contributed by atoms with E-state index in [9.17, 15) is 4.79 Å². The molecule has 1 N–H and O–H groups in total. The van der Waals surface area contributed by atoms with E-state index < -0.39 is 0 Å². The molecule has 2 amide bonds. The summed E-state index contributed by atoms with van der Waals surface area (Å²) in [7, 11) is 3.89. The summed E-state index contributed by atoms with van der Waals surface area (Å²) in [5.74, 6) is 0. The Kier molecular flexibility index (Phi) is 7.92. The smallest absolute Gasteiger partial charge is 0.317 e. The monoisotopic (exact) mass is 284 g/mol. The van der Waals surface area contributed by atoms with Gasteiger partial charge in [0.05, 0.1) is 0 Å². The summed E-state index contributed by atoms with van der Waals surface area (Å²) in [4.78, 5) is 18.4. The van der Waals surface area contributed by atoms with Crippen molar-refractivity contribution in [2.45, 2.75) is 39.2 Å². The minimum Gasteiger partial charge on any atom is -0.341 e. The molecule has 2 heterocycles. The van der Waals surface area contributed by atoms with E-state index in [0.29, 0.717) is 0 Å².